The second-order valence-corrected chi connectivity index (χ2v) is 7.41. The number of aryl methyl sites for hydroxylation is 2. The molecule has 0 radical (unpaired) electrons. The summed E-state index contributed by atoms with van der Waals surface area (Å²) in [6.45, 7) is 1.94. The number of aromatic nitrogens is 3. The number of ether oxygens (including phenoxy) is 1. The van der Waals surface area contributed by atoms with E-state index in [1.165, 1.54) is 22.7 Å². The predicted molar refractivity (Wildman–Crippen MR) is 97.5 cm³/mol. The van der Waals surface area contributed by atoms with Crippen LogP contribution in [0.5, 0.6) is 5.75 Å². The van der Waals surface area contributed by atoms with E-state index in [-0.39, 0.29) is 5.91 Å². The number of hydrogen-bond acceptors (Lipinski definition) is 6. The van der Waals surface area contributed by atoms with Crippen molar-refractivity contribution >= 4 is 54.1 Å². The Bertz CT molecular complexity index is 1040. The zero-order valence-corrected chi connectivity index (χ0v) is 14.9. The third-order valence-electron chi connectivity index (χ3n) is 3.74. The highest BCUT2D eigenvalue weighted by atomic mass is 32.1. The minimum absolute atomic E-state index is 0.151. The first-order chi connectivity index (χ1) is 11.5. The van der Waals surface area contributed by atoms with Gasteiger partial charge >= 0.3 is 0 Å². The molecule has 4 rings (SSSR count). The highest BCUT2D eigenvalue weighted by molar-refractivity contribution is 7.23. The van der Waals surface area contributed by atoms with Crippen LogP contribution in [-0.2, 0) is 7.05 Å². The summed E-state index contributed by atoms with van der Waals surface area (Å²) in [5, 5.41) is 8.83. The van der Waals surface area contributed by atoms with E-state index in [0.29, 0.717) is 10.0 Å². The van der Waals surface area contributed by atoms with Crippen LogP contribution in [0.1, 0.15) is 15.4 Å². The van der Waals surface area contributed by atoms with Gasteiger partial charge < -0.3 is 4.74 Å². The van der Waals surface area contributed by atoms with Crippen LogP contribution in [0.2, 0.25) is 0 Å². The zero-order valence-electron chi connectivity index (χ0n) is 13.3. The molecule has 0 aliphatic heterocycles. The van der Waals surface area contributed by atoms with Crippen molar-refractivity contribution in [1.82, 2.24) is 14.8 Å². The van der Waals surface area contributed by atoms with Gasteiger partial charge in [-0.15, -0.1) is 11.3 Å². The van der Waals surface area contributed by atoms with E-state index < -0.39 is 0 Å². The number of hydrogen-bond donors (Lipinski definition) is 1. The van der Waals surface area contributed by atoms with Crippen molar-refractivity contribution in [1.29, 1.82) is 0 Å². The molecule has 0 aliphatic carbocycles. The molecule has 0 saturated heterocycles. The van der Waals surface area contributed by atoms with Gasteiger partial charge in [-0.05, 0) is 31.2 Å². The van der Waals surface area contributed by atoms with E-state index in [9.17, 15) is 4.79 Å². The normalized spacial score (nSPS) is 11.3. The molecule has 0 saturated carbocycles. The van der Waals surface area contributed by atoms with E-state index in [1.54, 1.807) is 11.8 Å². The number of nitrogens with one attached hydrogen (secondary N) is 1. The highest BCUT2D eigenvalue weighted by Crippen LogP contribution is 2.31. The lowest BCUT2D eigenvalue weighted by Crippen LogP contribution is -2.09. The first-order valence-corrected chi connectivity index (χ1v) is 8.87. The highest BCUT2D eigenvalue weighted by Gasteiger charge is 2.16. The van der Waals surface area contributed by atoms with Gasteiger partial charge in [-0.2, -0.15) is 5.10 Å². The summed E-state index contributed by atoms with van der Waals surface area (Å²) >= 11 is 2.86. The zero-order chi connectivity index (χ0) is 16.8. The lowest BCUT2D eigenvalue weighted by Gasteiger charge is -1.97. The standard InChI is InChI=1S/C16H14N4O2S2/c1-8-10-7-13(23-15(10)20(2)19-8)14(21)18-16-17-11-5-4-9(22-3)6-12(11)24-16/h4-7H,1-3H3,(H,17,18,21). The van der Waals surface area contributed by atoms with Crippen molar-refractivity contribution in [3.05, 3.63) is 34.8 Å². The predicted octanol–water partition coefficient (Wildman–Crippen LogP) is 3.81. The SMILES string of the molecule is COc1ccc2nc(NC(=O)c3cc4c(C)nn(C)c4s3)sc2c1. The molecule has 122 valence electrons. The van der Waals surface area contributed by atoms with Gasteiger partial charge in [0.25, 0.3) is 5.91 Å². The maximum absolute atomic E-state index is 12.5. The molecule has 0 unspecified atom stereocenters. The summed E-state index contributed by atoms with van der Waals surface area (Å²) in [4.78, 5) is 18.6. The maximum Gasteiger partial charge on any atom is 0.267 e. The van der Waals surface area contributed by atoms with Crippen LogP contribution in [0.15, 0.2) is 24.3 Å². The van der Waals surface area contributed by atoms with Gasteiger partial charge in [0.15, 0.2) is 5.13 Å². The fourth-order valence-electron chi connectivity index (χ4n) is 2.56. The molecule has 0 atom stereocenters. The number of rotatable bonds is 3. The second-order valence-electron chi connectivity index (χ2n) is 5.35. The molecular weight excluding hydrogens is 344 g/mol. The molecule has 1 N–H and O–H groups in total. The number of carbonyl (C=O) groups is 1. The fourth-order valence-corrected chi connectivity index (χ4v) is 4.47. The number of anilines is 1. The molecule has 6 nitrogen and oxygen atoms in total. The summed E-state index contributed by atoms with van der Waals surface area (Å²) in [5.41, 5.74) is 1.77. The van der Waals surface area contributed by atoms with E-state index in [2.05, 4.69) is 15.4 Å². The van der Waals surface area contributed by atoms with Gasteiger partial charge in [0.05, 0.1) is 27.9 Å². The van der Waals surface area contributed by atoms with Crippen LogP contribution >= 0.6 is 22.7 Å². The summed E-state index contributed by atoms with van der Waals surface area (Å²) < 4.78 is 7.99. The summed E-state index contributed by atoms with van der Waals surface area (Å²) in [6, 6.07) is 7.54. The molecule has 0 spiro atoms. The topological polar surface area (TPSA) is 69.0 Å². The van der Waals surface area contributed by atoms with Crippen molar-refractivity contribution in [3.8, 4) is 5.75 Å². The summed E-state index contributed by atoms with van der Waals surface area (Å²) in [7, 11) is 3.51. The van der Waals surface area contributed by atoms with Crippen molar-refractivity contribution in [2.75, 3.05) is 12.4 Å². The Labute approximate surface area is 145 Å². The van der Waals surface area contributed by atoms with Crippen molar-refractivity contribution in [2.24, 2.45) is 7.05 Å². The van der Waals surface area contributed by atoms with Gasteiger partial charge in [0, 0.05) is 12.4 Å². The Hall–Kier alpha value is -2.45. The number of amides is 1. The molecule has 0 aliphatic rings. The molecule has 1 aromatic carbocycles. The Kier molecular flexibility index (Phi) is 3.50. The van der Waals surface area contributed by atoms with Gasteiger partial charge in [-0.3, -0.25) is 14.8 Å². The number of carbonyl (C=O) groups excluding carboxylic acids is 1. The van der Waals surface area contributed by atoms with Gasteiger partial charge in [-0.25, -0.2) is 4.98 Å². The molecule has 24 heavy (non-hydrogen) atoms. The lowest BCUT2D eigenvalue weighted by atomic mass is 10.3. The summed E-state index contributed by atoms with van der Waals surface area (Å²) in [5.74, 6) is 0.623. The molecular formula is C16H14N4O2S2. The smallest absolute Gasteiger partial charge is 0.267 e. The first-order valence-electron chi connectivity index (χ1n) is 7.24. The Morgan fingerprint density at radius 3 is 2.88 bits per heavy atom. The maximum atomic E-state index is 12.5. The minimum Gasteiger partial charge on any atom is -0.497 e. The fraction of sp³-hybridized carbons (Fsp3) is 0.188. The average Bonchev–Trinajstić information content (AvgIpc) is 3.22. The Balaban J connectivity index is 1.63. The third-order valence-corrected chi connectivity index (χ3v) is 5.87. The van der Waals surface area contributed by atoms with Crippen LogP contribution in [0.4, 0.5) is 5.13 Å². The van der Waals surface area contributed by atoms with Crippen molar-refractivity contribution < 1.29 is 9.53 Å². The van der Waals surface area contributed by atoms with E-state index in [1.807, 2.05) is 38.2 Å². The molecule has 4 aromatic rings. The van der Waals surface area contributed by atoms with Crippen LogP contribution in [-0.4, -0.2) is 27.8 Å². The average molecular weight is 358 g/mol. The molecule has 3 heterocycles. The van der Waals surface area contributed by atoms with E-state index in [0.717, 1.165) is 31.9 Å². The van der Waals surface area contributed by atoms with Crippen LogP contribution in [0, 0.1) is 6.92 Å². The van der Waals surface area contributed by atoms with Crippen LogP contribution < -0.4 is 10.1 Å². The number of thiazole rings is 1. The quantitative estimate of drug-likeness (QED) is 0.604. The molecule has 0 bridgehead atoms. The Morgan fingerprint density at radius 1 is 1.29 bits per heavy atom. The van der Waals surface area contributed by atoms with Gasteiger partial charge in [0.1, 0.15) is 10.6 Å². The van der Waals surface area contributed by atoms with E-state index in [4.69, 9.17) is 4.74 Å². The van der Waals surface area contributed by atoms with E-state index >= 15 is 0 Å². The largest absolute Gasteiger partial charge is 0.497 e. The molecule has 0 fully saturated rings. The van der Waals surface area contributed by atoms with Crippen LogP contribution in [0.3, 0.4) is 0 Å². The monoisotopic (exact) mass is 358 g/mol. The molecule has 8 heteroatoms. The number of benzene rings is 1. The third kappa shape index (κ3) is 2.44. The molecule has 3 aromatic heterocycles. The number of fused-ring (bicyclic) bond motifs is 2. The lowest BCUT2D eigenvalue weighted by molar-refractivity contribution is 0.103. The van der Waals surface area contributed by atoms with Gasteiger partial charge in [0.2, 0.25) is 0 Å². The minimum atomic E-state index is -0.151. The Morgan fingerprint density at radius 2 is 2.12 bits per heavy atom. The summed E-state index contributed by atoms with van der Waals surface area (Å²) in [6.07, 6.45) is 0. The number of thiophene rings is 1. The van der Waals surface area contributed by atoms with Crippen LogP contribution in [0.25, 0.3) is 20.4 Å². The second kappa shape index (κ2) is 5.57. The first kappa shape index (κ1) is 15.1. The van der Waals surface area contributed by atoms with Gasteiger partial charge in [-0.1, -0.05) is 11.3 Å². The van der Waals surface area contributed by atoms with Crippen molar-refractivity contribution in [3.63, 3.8) is 0 Å². The number of methoxy groups -OCH3 is 1. The molecule has 1 amide bonds. The van der Waals surface area contributed by atoms with Crippen molar-refractivity contribution in [2.45, 2.75) is 6.92 Å². The number of nitrogens with zero attached hydrogens (tertiary/aromatic N) is 3.